The number of carbonyl (C=O) groups excluding carboxylic acids is 1. The predicted molar refractivity (Wildman–Crippen MR) is 110 cm³/mol. The zero-order valence-electron chi connectivity index (χ0n) is 17.4. The molecule has 1 aromatic carbocycles. The molecular weight excluding hydrogens is 338 g/mol. The van der Waals surface area contributed by atoms with Crippen LogP contribution in [0.1, 0.15) is 42.4 Å². The van der Waals surface area contributed by atoms with Gasteiger partial charge in [0.2, 0.25) is 0 Å². The number of anilines is 1. The van der Waals surface area contributed by atoms with Gasteiger partial charge in [-0.15, -0.1) is 0 Å². The first kappa shape index (κ1) is 20.2. The molecule has 2 atom stereocenters. The Morgan fingerprint density at radius 2 is 1.70 bits per heavy atom. The van der Waals surface area contributed by atoms with E-state index >= 15 is 0 Å². The molecule has 0 aromatic heterocycles. The van der Waals surface area contributed by atoms with E-state index in [1.165, 1.54) is 12.0 Å². The number of nitrogens with one attached hydrogen (secondary N) is 1. The summed E-state index contributed by atoms with van der Waals surface area (Å²) in [5.41, 5.74) is 4.27. The third-order valence-electron chi connectivity index (χ3n) is 6.09. The minimum atomic E-state index is -0.305. The third kappa shape index (κ3) is 5.45. The molecule has 2 aliphatic rings. The molecule has 27 heavy (non-hydrogen) atoms. The van der Waals surface area contributed by atoms with Gasteiger partial charge in [0.25, 0.3) is 0 Å². The number of carbonyl (C=O) groups is 1. The van der Waals surface area contributed by atoms with E-state index in [1.54, 1.807) is 0 Å². The topological polar surface area (TPSA) is 44.8 Å². The van der Waals surface area contributed by atoms with Crippen molar-refractivity contribution in [3.63, 3.8) is 0 Å². The predicted octanol–water partition coefficient (Wildman–Crippen LogP) is 3.97. The van der Waals surface area contributed by atoms with Crippen LogP contribution >= 0.6 is 0 Å². The Balaban J connectivity index is 1.58. The second-order valence-electron chi connectivity index (χ2n) is 8.49. The zero-order chi connectivity index (χ0) is 19.4. The Kier molecular flexibility index (Phi) is 6.77. The van der Waals surface area contributed by atoms with E-state index in [9.17, 15) is 4.79 Å². The van der Waals surface area contributed by atoms with Crippen molar-refractivity contribution in [3.05, 3.63) is 28.8 Å². The molecule has 150 valence electrons. The van der Waals surface area contributed by atoms with Crippen molar-refractivity contribution in [2.45, 2.75) is 52.6 Å². The van der Waals surface area contributed by atoms with Gasteiger partial charge in [-0.05, 0) is 58.2 Å². The fraction of sp³-hybridized carbons (Fsp3) is 0.682. The summed E-state index contributed by atoms with van der Waals surface area (Å²) >= 11 is 0. The molecule has 1 aliphatic carbocycles. The summed E-state index contributed by atoms with van der Waals surface area (Å²) < 4.78 is 5.92. The Morgan fingerprint density at radius 3 is 2.37 bits per heavy atom. The summed E-state index contributed by atoms with van der Waals surface area (Å²) in [7, 11) is 2.18. The second kappa shape index (κ2) is 9.07. The number of rotatable bonds is 4. The number of hydrogen-bond donors (Lipinski definition) is 1. The van der Waals surface area contributed by atoms with Crippen molar-refractivity contribution in [1.82, 2.24) is 9.80 Å². The summed E-state index contributed by atoms with van der Waals surface area (Å²) in [4.78, 5) is 17.5. The molecule has 1 saturated heterocycles. The van der Waals surface area contributed by atoms with Crippen molar-refractivity contribution in [1.29, 1.82) is 0 Å². The van der Waals surface area contributed by atoms with E-state index in [1.807, 2.05) is 13.8 Å². The summed E-state index contributed by atoms with van der Waals surface area (Å²) in [5.74, 6) is 0.452. The van der Waals surface area contributed by atoms with Crippen molar-refractivity contribution in [3.8, 4) is 0 Å². The summed E-state index contributed by atoms with van der Waals surface area (Å²) in [5, 5.41) is 3.00. The third-order valence-corrected chi connectivity index (χ3v) is 6.09. The van der Waals surface area contributed by atoms with Gasteiger partial charge in [0.15, 0.2) is 0 Å². The average molecular weight is 374 g/mol. The molecule has 1 amide bonds. The van der Waals surface area contributed by atoms with Crippen LogP contribution in [0.5, 0.6) is 0 Å². The van der Waals surface area contributed by atoms with Gasteiger partial charge in [-0.3, -0.25) is 5.32 Å². The lowest BCUT2D eigenvalue weighted by Gasteiger charge is -2.38. The number of piperazine rings is 1. The van der Waals surface area contributed by atoms with Crippen molar-refractivity contribution in [2.24, 2.45) is 5.92 Å². The quantitative estimate of drug-likeness (QED) is 0.867. The van der Waals surface area contributed by atoms with Gasteiger partial charge in [0.1, 0.15) is 6.10 Å². The Bertz CT molecular complexity index is 630. The van der Waals surface area contributed by atoms with Gasteiger partial charge in [0.05, 0.1) is 0 Å². The standard InChI is InChI=1S/C22H35N3O2/c1-16-13-17(2)21(18(3)14-16)23-22(26)27-20-8-6-5-7-19(20)15-25-11-9-24(4)10-12-25/h13-14,19-20H,5-12,15H2,1-4H3,(H,23,26). The molecule has 1 aliphatic heterocycles. The van der Waals surface area contributed by atoms with Crippen LogP contribution in [-0.4, -0.2) is 61.8 Å². The summed E-state index contributed by atoms with van der Waals surface area (Å²) in [6, 6.07) is 4.19. The van der Waals surface area contributed by atoms with Crippen LogP contribution in [0, 0.1) is 26.7 Å². The lowest BCUT2D eigenvalue weighted by Crippen LogP contribution is -2.48. The maximum Gasteiger partial charge on any atom is 0.411 e. The van der Waals surface area contributed by atoms with E-state index in [0.717, 1.165) is 68.8 Å². The van der Waals surface area contributed by atoms with Crippen molar-refractivity contribution >= 4 is 11.8 Å². The molecule has 5 nitrogen and oxygen atoms in total. The minimum Gasteiger partial charge on any atom is -0.446 e. The molecule has 2 unspecified atom stereocenters. The SMILES string of the molecule is Cc1cc(C)c(NC(=O)OC2CCCCC2CN2CCN(C)CC2)c(C)c1. The highest BCUT2D eigenvalue weighted by Crippen LogP contribution is 2.29. The van der Waals surface area contributed by atoms with Crippen LogP contribution in [0.4, 0.5) is 10.5 Å². The first-order valence-corrected chi connectivity index (χ1v) is 10.4. The van der Waals surface area contributed by atoms with Crippen LogP contribution in [0.15, 0.2) is 12.1 Å². The lowest BCUT2D eigenvalue weighted by molar-refractivity contribution is 0.0222. The monoisotopic (exact) mass is 373 g/mol. The minimum absolute atomic E-state index is 0.0319. The van der Waals surface area contributed by atoms with Crippen molar-refractivity contribution in [2.75, 3.05) is 45.1 Å². The molecular formula is C22H35N3O2. The molecule has 3 rings (SSSR count). The van der Waals surface area contributed by atoms with Crippen LogP contribution < -0.4 is 5.32 Å². The average Bonchev–Trinajstić information content (AvgIpc) is 2.62. The smallest absolute Gasteiger partial charge is 0.411 e. The number of benzene rings is 1. The number of amides is 1. The molecule has 1 aromatic rings. The van der Waals surface area contributed by atoms with Crippen LogP contribution in [0.2, 0.25) is 0 Å². The number of ether oxygens (including phenoxy) is 1. The van der Waals surface area contributed by atoms with E-state index in [4.69, 9.17) is 4.74 Å². The molecule has 1 heterocycles. The lowest BCUT2D eigenvalue weighted by atomic mass is 9.86. The Hall–Kier alpha value is -1.59. The maximum absolute atomic E-state index is 12.6. The highest BCUT2D eigenvalue weighted by molar-refractivity contribution is 5.87. The largest absolute Gasteiger partial charge is 0.446 e. The number of hydrogen-bond acceptors (Lipinski definition) is 4. The second-order valence-corrected chi connectivity index (χ2v) is 8.49. The van der Waals surface area contributed by atoms with Gasteiger partial charge >= 0.3 is 6.09 Å². The van der Waals surface area contributed by atoms with E-state index in [0.29, 0.717) is 5.92 Å². The van der Waals surface area contributed by atoms with Crippen LogP contribution in [0.3, 0.4) is 0 Å². The molecule has 5 heteroatoms. The summed E-state index contributed by atoms with van der Waals surface area (Å²) in [6.45, 7) is 11.7. The molecule has 1 saturated carbocycles. The molecule has 0 spiro atoms. The number of nitrogens with zero attached hydrogens (tertiary/aromatic N) is 2. The van der Waals surface area contributed by atoms with Crippen molar-refractivity contribution < 1.29 is 9.53 Å². The number of aryl methyl sites for hydroxylation is 3. The molecule has 2 fully saturated rings. The first-order valence-electron chi connectivity index (χ1n) is 10.4. The fourth-order valence-corrected chi connectivity index (χ4v) is 4.55. The molecule has 1 N–H and O–H groups in total. The van der Waals surface area contributed by atoms with E-state index in [-0.39, 0.29) is 12.2 Å². The molecule has 0 radical (unpaired) electrons. The zero-order valence-corrected chi connectivity index (χ0v) is 17.4. The van der Waals surface area contributed by atoms with Crippen LogP contribution in [0.25, 0.3) is 0 Å². The van der Waals surface area contributed by atoms with E-state index < -0.39 is 0 Å². The van der Waals surface area contributed by atoms with Crippen LogP contribution in [-0.2, 0) is 4.74 Å². The van der Waals surface area contributed by atoms with Gasteiger partial charge in [-0.25, -0.2) is 4.79 Å². The molecule has 0 bridgehead atoms. The highest BCUT2D eigenvalue weighted by atomic mass is 16.6. The first-order chi connectivity index (χ1) is 12.9. The Labute approximate surface area is 164 Å². The van der Waals surface area contributed by atoms with E-state index in [2.05, 4.69) is 41.2 Å². The van der Waals surface area contributed by atoms with Gasteiger partial charge in [-0.2, -0.15) is 0 Å². The summed E-state index contributed by atoms with van der Waals surface area (Å²) in [6.07, 6.45) is 4.27. The fourth-order valence-electron chi connectivity index (χ4n) is 4.55. The Morgan fingerprint density at radius 1 is 1.07 bits per heavy atom. The maximum atomic E-state index is 12.6. The van der Waals surface area contributed by atoms with Gasteiger partial charge in [-0.1, -0.05) is 24.1 Å². The number of likely N-dealkylation sites (N-methyl/N-ethyl adjacent to an activating group) is 1. The normalized spacial score (nSPS) is 24.6. The van der Waals surface area contributed by atoms with Gasteiger partial charge < -0.3 is 14.5 Å². The van der Waals surface area contributed by atoms with Gasteiger partial charge in [0, 0.05) is 44.3 Å². The highest BCUT2D eigenvalue weighted by Gasteiger charge is 2.30.